The second-order valence-electron chi connectivity index (χ2n) is 6.37. The van der Waals surface area contributed by atoms with E-state index in [-0.39, 0.29) is 25.2 Å². The number of ketones is 1. The zero-order valence-corrected chi connectivity index (χ0v) is 15.2. The standard InChI is InChI=1S/C21H19NO6/c23-16(14-6-8-18-19(12-14)26-11-3-10-25-18)7-9-21(24)27-13-20-22-15-4-1-2-5-17(15)28-20/h1-2,4-6,8,12H,3,7,9-11,13H2. The average molecular weight is 381 g/mol. The van der Waals surface area contributed by atoms with E-state index < -0.39 is 5.97 Å². The SMILES string of the molecule is O=C(CCC(=O)c1ccc2c(c1)OCCCO2)OCc1nc2ccccc2o1. The molecule has 28 heavy (non-hydrogen) atoms. The summed E-state index contributed by atoms with van der Waals surface area (Å²) in [6, 6.07) is 12.4. The molecule has 2 heterocycles. The van der Waals surface area contributed by atoms with E-state index >= 15 is 0 Å². The zero-order chi connectivity index (χ0) is 19.3. The van der Waals surface area contributed by atoms with Crippen LogP contribution in [0.4, 0.5) is 0 Å². The van der Waals surface area contributed by atoms with Gasteiger partial charge in [0, 0.05) is 18.4 Å². The Hall–Kier alpha value is -3.35. The summed E-state index contributed by atoms with van der Waals surface area (Å²) in [4.78, 5) is 28.6. The molecule has 0 atom stereocenters. The molecule has 0 radical (unpaired) electrons. The van der Waals surface area contributed by atoms with Gasteiger partial charge in [-0.25, -0.2) is 4.98 Å². The number of hydrogen-bond donors (Lipinski definition) is 0. The Bertz CT molecular complexity index is 976. The number of fused-ring (bicyclic) bond motifs is 2. The molecule has 7 nitrogen and oxygen atoms in total. The molecule has 0 aliphatic carbocycles. The van der Waals surface area contributed by atoms with Gasteiger partial charge in [0.15, 0.2) is 29.5 Å². The number of aromatic nitrogens is 1. The number of nitrogens with zero attached hydrogens (tertiary/aromatic N) is 1. The van der Waals surface area contributed by atoms with Gasteiger partial charge >= 0.3 is 5.97 Å². The summed E-state index contributed by atoms with van der Waals surface area (Å²) < 4.78 is 21.8. The average Bonchev–Trinajstić information content (AvgIpc) is 2.99. The van der Waals surface area contributed by atoms with Gasteiger partial charge in [-0.05, 0) is 30.3 Å². The highest BCUT2D eigenvalue weighted by atomic mass is 16.5. The maximum Gasteiger partial charge on any atom is 0.306 e. The summed E-state index contributed by atoms with van der Waals surface area (Å²) in [5.74, 6) is 0.872. The van der Waals surface area contributed by atoms with E-state index in [0.717, 1.165) is 6.42 Å². The maximum atomic E-state index is 12.4. The zero-order valence-electron chi connectivity index (χ0n) is 15.2. The number of Topliss-reactive ketones (excluding diaryl/α,β-unsaturated/α-hetero) is 1. The normalized spacial score (nSPS) is 13.1. The molecule has 0 saturated carbocycles. The molecule has 0 bridgehead atoms. The van der Waals surface area contributed by atoms with Crippen molar-refractivity contribution in [1.82, 2.24) is 4.98 Å². The second-order valence-corrected chi connectivity index (χ2v) is 6.37. The van der Waals surface area contributed by atoms with Crippen LogP contribution in [0.3, 0.4) is 0 Å². The Morgan fingerprint density at radius 3 is 2.68 bits per heavy atom. The highest BCUT2D eigenvalue weighted by molar-refractivity contribution is 5.98. The van der Waals surface area contributed by atoms with Crippen LogP contribution in [0.25, 0.3) is 11.1 Å². The first kappa shape index (κ1) is 18.0. The minimum Gasteiger partial charge on any atom is -0.490 e. The van der Waals surface area contributed by atoms with Crippen molar-refractivity contribution < 1.29 is 28.2 Å². The van der Waals surface area contributed by atoms with Crippen LogP contribution in [0.15, 0.2) is 46.9 Å². The highest BCUT2D eigenvalue weighted by Gasteiger charge is 2.16. The summed E-state index contributed by atoms with van der Waals surface area (Å²) >= 11 is 0. The monoisotopic (exact) mass is 381 g/mol. The summed E-state index contributed by atoms with van der Waals surface area (Å²) in [5, 5.41) is 0. The molecule has 0 unspecified atom stereocenters. The van der Waals surface area contributed by atoms with Gasteiger partial charge in [-0.2, -0.15) is 0 Å². The van der Waals surface area contributed by atoms with Gasteiger partial charge in [0.1, 0.15) is 5.52 Å². The fourth-order valence-electron chi connectivity index (χ4n) is 2.89. The molecular formula is C21H19NO6. The Balaban J connectivity index is 1.29. The number of esters is 1. The lowest BCUT2D eigenvalue weighted by Crippen LogP contribution is -2.08. The number of hydrogen-bond acceptors (Lipinski definition) is 7. The molecule has 7 heteroatoms. The molecule has 144 valence electrons. The van der Waals surface area contributed by atoms with E-state index in [1.807, 2.05) is 18.2 Å². The van der Waals surface area contributed by atoms with E-state index in [9.17, 15) is 9.59 Å². The lowest BCUT2D eigenvalue weighted by molar-refractivity contribution is -0.145. The molecule has 1 aromatic heterocycles. The Labute approximate surface area is 161 Å². The van der Waals surface area contributed by atoms with Crippen LogP contribution in [0.5, 0.6) is 11.5 Å². The predicted octanol–water partition coefficient (Wildman–Crippen LogP) is 3.70. The molecule has 4 rings (SSSR count). The number of carbonyl (C=O) groups is 2. The van der Waals surface area contributed by atoms with E-state index in [1.165, 1.54) is 0 Å². The lowest BCUT2D eigenvalue weighted by atomic mass is 10.1. The van der Waals surface area contributed by atoms with E-state index in [0.29, 0.717) is 47.3 Å². The van der Waals surface area contributed by atoms with E-state index in [2.05, 4.69) is 4.98 Å². The minimum atomic E-state index is -0.482. The van der Waals surface area contributed by atoms with E-state index in [4.69, 9.17) is 18.6 Å². The summed E-state index contributed by atoms with van der Waals surface area (Å²) in [5.41, 5.74) is 1.83. The molecule has 0 amide bonds. The number of para-hydroxylation sites is 2. The third-order valence-electron chi connectivity index (χ3n) is 4.32. The number of rotatable bonds is 6. The number of ether oxygens (including phenoxy) is 3. The van der Waals surface area contributed by atoms with Crippen molar-refractivity contribution in [3.63, 3.8) is 0 Å². The smallest absolute Gasteiger partial charge is 0.306 e. The van der Waals surface area contributed by atoms with Crippen molar-refractivity contribution in [2.24, 2.45) is 0 Å². The number of oxazole rings is 1. The van der Waals surface area contributed by atoms with Gasteiger partial charge in [0.25, 0.3) is 0 Å². The van der Waals surface area contributed by atoms with Gasteiger partial charge in [-0.3, -0.25) is 9.59 Å². The molecule has 0 fully saturated rings. The van der Waals surface area contributed by atoms with Crippen LogP contribution < -0.4 is 9.47 Å². The van der Waals surface area contributed by atoms with Crippen LogP contribution >= 0.6 is 0 Å². The number of carbonyl (C=O) groups excluding carboxylic acids is 2. The first-order chi connectivity index (χ1) is 13.7. The fraction of sp³-hybridized carbons (Fsp3) is 0.286. The van der Waals surface area contributed by atoms with Crippen LogP contribution in [0, 0.1) is 0 Å². The molecule has 1 aliphatic rings. The highest BCUT2D eigenvalue weighted by Crippen LogP contribution is 2.30. The third-order valence-corrected chi connectivity index (χ3v) is 4.32. The van der Waals surface area contributed by atoms with Crippen molar-refractivity contribution in [3.05, 3.63) is 53.9 Å². The summed E-state index contributed by atoms with van der Waals surface area (Å²) in [6.07, 6.45) is 0.823. The van der Waals surface area contributed by atoms with Gasteiger partial charge in [-0.1, -0.05) is 12.1 Å². The van der Waals surface area contributed by atoms with Gasteiger partial charge in [-0.15, -0.1) is 0 Å². The van der Waals surface area contributed by atoms with Crippen molar-refractivity contribution in [3.8, 4) is 11.5 Å². The molecule has 0 saturated heterocycles. The largest absolute Gasteiger partial charge is 0.490 e. The lowest BCUT2D eigenvalue weighted by Gasteiger charge is -2.08. The molecular weight excluding hydrogens is 362 g/mol. The third kappa shape index (κ3) is 4.14. The van der Waals surface area contributed by atoms with Crippen molar-refractivity contribution in [2.75, 3.05) is 13.2 Å². The van der Waals surface area contributed by atoms with Crippen molar-refractivity contribution >= 4 is 22.9 Å². The first-order valence-corrected chi connectivity index (χ1v) is 9.12. The topological polar surface area (TPSA) is 87.9 Å². The molecule has 2 aromatic carbocycles. The van der Waals surface area contributed by atoms with Crippen molar-refractivity contribution in [1.29, 1.82) is 0 Å². The molecule has 3 aromatic rings. The van der Waals surface area contributed by atoms with Crippen LogP contribution in [-0.2, 0) is 16.1 Å². The van der Waals surface area contributed by atoms with Crippen LogP contribution in [0.2, 0.25) is 0 Å². The summed E-state index contributed by atoms with van der Waals surface area (Å²) in [7, 11) is 0. The Morgan fingerprint density at radius 1 is 1.00 bits per heavy atom. The molecule has 1 aliphatic heterocycles. The van der Waals surface area contributed by atoms with Gasteiger partial charge in [0.05, 0.1) is 19.6 Å². The van der Waals surface area contributed by atoms with Crippen molar-refractivity contribution in [2.45, 2.75) is 25.9 Å². The van der Waals surface area contributed by atoms with Gasteiger partial charge < -0.3 is 18.6 Å². The van der Waals surface area contributed by atoms with Gasteiger partial charge in [0.2, 0.25) is 5.89 Å². The Kier molecular flexibility index (Phi) is 5.23. The minimum absolute atomic E-state index is 0.0203. The second kappa shape index (κ2) is 8.12. The fourth-order valence-corrected chi connectivity index (χ4v) is 2.89. The first-order valence-electron chi connectivity index (χ1n) is 9.12. The Morgan fingerprint density at radius 2 is 1.82 bits per heavy atom. The molecule has 0 spiro atoms. The van der Waals surface area contributed by atoms with Crippen LogP contribution in [0.1, 0.15) is 35.5 Å². The predicted molar refractivity (Wildman–Crippen MR) is 99.4 cm³/mol. The molecule has 0 N–H and O–H groups in total. The number of benzene rings is 2. The quantitative estimate of drug-likeness (QED) is 0.475. The van der Waals surface area contributed by atoms with Crippen LogP contribution in [-0.4, -0.2) is 30.0 Å². The van der Waals surface area contributed by atoms with E-state index in [1.54, 1.807) is 24.3 Å². The summed E-state index contributed by atoms with van der Waals surface area (Å²) in [6.45, 7) is 1.07. The maximum absolute atomic E-state index is 12.4.